The number of thiophene rings is 1. The summed E-state index contributed by atoms with van der Waals surface area (Å²) >= 11 is 7.62. The summed E-state index contributed by atoms with van der Waals surface area (Å²) in [7, 11) is 0. The number of nitrogens with zero attached hydrogens (tertiary/aromatic N) is 2. The molecule has 0 saturated carbocycles. The van der Waals surface area contributed by atoms with Crippen molar-refractivity contribution < 1.29 is 9.59 Å². The molecule has 8 heteroatoms. The molecule has 1 aliphatic rings. The van der Waals surface area contributed by atoms with Crippen molar-refractivity contribution in [3.63, 3.8) is 0 Å². The number of aromatic nitrogens is 2. The number of nitrogens with one attached hydrogen (secondary N) is 2. The number of amides is 2. The first-order valence-corrected chi connectivity index (χ1v) is 10.8. The number of aromatic amines is 1. The van der Waals surface area contributed by atoms with Gasteiger partial charge in [-0.05, 0) is 42.5 Å². The summed E-state index contributed by atoms with van der Waals surface area (Å²) in [6.07, 6.45) is 1.91. The zero-order valence-corrected chi connectivity index (χ0v) is 17.3. The maximum absolute atomic E-state index is 12.8. The van der Waals surface area contributed by atoms with Gasteiger partial charge in [0.25, 0.3) is 5.91 Å². The summed E-state index contributed by atoms with van der Waals surface area (Å²) in [5, 5.41) is 12.8. The Morgan fingerprint density at radius 1 is 1.21 bits per heavy atom. The molecule has 0 unspecified atom stereocenters. The molecule has 6 nitrogen and oxygen atoms in total. The fourth-order valence-corrected chi connectivity index (χ4v) is 4.37. The van der Waals surface area contributed by atoms with Crippen molar-refractivity contribution in [3.8, 4) is 11.3 Å². The zero-order chi connectivity index (χ0) is 20.2. The molecule has 2 N–H and O–H groups in total. The lowest BCUT2D eigenvalue weighted by atomic mass is 10.0. The minimum atomic E-state index is -0.0749. The van der Waals surface area contributed by atoms with E-state index in [-0.39, 0.29) is 17.9 Å². The van der Waals surface area contributed by atoms with Crippen molar-refractivity contribution in [1.29, 1.82) is 0 Å². The normalized spacial score (nSPS) is 14.7. The summed E-state index contributed by atoms with van der Waals surface area (Å²) in [5.41, 5.74) is 2.01. The molecular formula is C21H21ClN4O2S. The first-order valence-electron chi connectivity index (χ1n) is 9.51. The molecule has 0 radical (unpaired) electrons. The smallest absolute Gasteiger partial charge is 0.271 e. The number of hydrogen-bond donors (Lipinski definition) is 2. The van der Waals surface area contributed by atoms with E-state index in [1.165, 1.54) is 0 Å². The molecule has 1 aliphatic heterocycles. The van der Waals surface area contributed by atoms with E-state index >= 15 is 0 Å². The Morgan fingerprint density at radius 3 is 2.76 bits per heavy atom. The summed E-state index contributed by atoms with van der Waals surface area (Å²) in [6, 6.07) is 13.1. The van der Waals surface area contributed by atoms with Crippen LogP contribution in [0.5, 0.6) is 0 Å². The van der Waals surface area contributed by atoms with Crippen LogP contribution in [0.2, 0.25) is 5.02 Å². The van der Waals surface area contributed by atoms with Gasteiger partial charge in [-0.25, -0.2) is 0 Å². The predicted molar refractivity (Wildman–Crippen MR) is 114 cm³/mol. The molecule has 3 aromatic rings. The summed E-state index contributed by atoms with van der Waals surface area (Å²) in [4.78, 5) is 27.8. The van der Waals surface area contributed by atoms with Crippen LogP contribution < -0.4 is 5.32 Å². The molecule has 2 amide bonds. The number of piperidine rings is 1. The molecule has 3 heterocycles. The van der Waals surface area contributed by atoms with Crippen LogP contribution in [0.25, 0.3) is 11.3 Å². The van der Waals surface area contributed by atoms with Crippen molar-refractivity contribution >= 4 is 34.8 Å². The molecular weight excluding hydrogens is 408 g/mol. The molecule has 0 bridgehead atoms. The van der Waals surface area contributed by atoms with Crippen LogP contribution in [0, 0.1) is 0 Å². The molecule has 2 aromatic heterocycles. The van der Waals surface area contributed by atoms with Gasteiger partial charge in [0, 0.05) is 34.6 Å². The molecule has 29 heavy (non-hydrogen) atoms. The standard InChI is InChI=1S/C21H21ClN4O2S/c22-15-4-1-3-14(11-15)18-13-19(25-24-18)21(28)26-8-6-16(7-9-26)23-20(27)12-17-5-2-10-29-17/h1-5,10-11,13,16H,6-9,12H2,(H,23,27)(H,24,25). The third-order valence-electron chi connectivity index (χ3n) is 4.99. The van der Waals surface area contributed by atoms with Crippen LogP contribution in [0.4, 0.5) is 0 Å². The van der Waals surface area contributed by atoms with Gasteiger partial charge < -0.3 is 10.2 Å². The average molecular weight is 429 g/mol. The number of benzene rings is 1. The van der Waals surface area contributed by atoms with E-state index < -0.39 is 0 Å². The number of halogens is 1. The minimum absolute atomic E-state index is 0.0389. The molecule has 0 atom stereocenters. The Labute approximate surface area is 177 Å². The lowest BCUT2D eigenvalue weighted by molar-refractivity contribution is -0.121. The van der Waals surface area contributed by atoms with Gasteiger partial charge in [0.15, 0.2) is 0 Å². The van der Waals surface area contributed by atoms with E-state index in [1.54, 1.807) is 28.4 Å². The zero-order valence-electron chi connectivity index (χ0n) is 15.7. The maximum Gasteiger partial charge on any atom is 0.271 e. The van der Waals surface area contributed by atoms with E-state index in [9.17, 15) is 9.59 Å². The molecule has 1 aromatic carbocycles. The van der Waals surface area contributed by atoms with Crippen LogP contribution in [-0.2, 0) is 11.2 Å². The van der Waals surface area contributed by atoms with Gasteiger partial charge in [-0.3, -0.25) is 14.7 Å². The van der Waals surface area contributed by atoms with Crippen molar-refractivity contribution in [3.05, 3.63) is 63.4 Å². The first kappa shape index (κ1) is 19.7. The Balaban J connectivity index is 1.30. The van der Waals surface area contributed by atoms with Crippen LogP contribution in [0.3, 0.4) is 0 Å². The van der Waals surface area contributed by atoms with Crippen molar-refractivity contribution in [2.75, 3.05) is 13.1 Å². The highest BCUT2D eigenvalue weighted by Crippen LogP contribution is 2.22. The summed E-state index contributed by atoms with van der Waals surface area (Å²) in [6.45, 7) is 1.21. The first-order chi connectivity index (χ1) is 14.1. The van der Waals surface area contributed by atoms with Crippen LogP contribution in [0.15, 0.2) is 47.8 Å². The predicted octanol–water partition coefficient (Wildman–Crippen LogP) is 3.76. The Bertz CT molecular complexity index is 994. The number of rotatable bonds is 5. The van der Waals surface area contributed by atoms with Gasteiger partial charge in [-0.1, -0.05) is 29.8 Å². The quantitative estimate of drug-likeness (QED) is 0.649. The van der Waals surface area contributed by atoms with Crippen molar-refractivity contribution in [2.24, 2.45) is 0 Å². The van der Waals surface area contributed by atoms with E-state index in [0.29, 0.717) is 35.9 Å². The number of likely N-dealkylation sites (tertiary alicyclic amines) is 1. The van der Waals surface area contributed by atoms with Crippen molar-refractivity contribution in [2.45, 2.75) is 25.3 Å². The second-order valence-corrected chi connectivity index (χ2v) is 8.54. The second-order valence-electron chi connectivity index (χ2n) is 7.07. The van der Waals surface area contributed by atoms with Gasteiger partial charge in [0.05, 0.1) is 12.1 Å². The average Bonchev–Trinajstić information content (AvgIpc) is 3.40. The largest absolute Gasteiger partial charge is 0.353 e. The van der Waals surface area contributed by atoms with Crippen molar-refractivity contribution in [1.82, 2.24) is 20.4 Å². The monoisotopic (exact) mass is 428 g/mol. The third kappa shape index (κ3) is 4.86. The van der Waals surface area contributed by atoms with E-state index in [4.69, 9.17) is 11.6 Å². The fraction of sp³-hybridized carbons (Fsp3) is 0.286. The van der Waals surface area contributed by atoms with Gasteiger partial charge >= 0.3 is 0 Å². The lowest BCUT2D eigenvalue weighted by Crippen LogP contribution is -2.46. The summed E-state index contributed by atoms with van der Waals surface area (Å²) in [5.74, 6) is -0.0360. The number of carbonyl (C=O) groups is 2. The van der Waals surface area contributed by atoms with Crippen LogP contribution >= 0.6 is 22.9 Å². The molecule has 0 spiro atoms. The Hall–Kier alpha value is -2.64. The Morgan fingerprint density at radius 2 is 2.03 bits per heavy atom. The highest BCUT2D eigenvalue weighted by molar-refractivity contribution is 7.10. The third-order valence-corrected chi connectivity index (χ3v) is 6.10. The topological polar surface area (TPSA) is 78.1 Å². The number of carbonyl (C=O) groups excluding carboxylic acids is 2. The van der Waals surface area contributed by atoms with Gasteiger partial charge in [-0.2, -0.15) is 5.10 Å². The molecule has 150 valence electrons. The summed E-state index contributed by atoms with van der Waals surface area (Å²) < 4.78 is 0. The Kier molecular flexibility index (Phi) is 5.97. The molecule has 0 aliphatic carbocycles. The minimum Gasteiger partial charge on any atom is -0.353 e. The van der Waals surface area contributed by atoms with E-state index in [2.05, 4.69) is 15.5 Å². The number of hydrogen-bond acceptors (Lipinski definition) is 4. The van der Waals surface area contributed by atoms with Gasteiger partial charge in [-0.15, -0.1) is 11.3 Å². The highest BCUT2D eigenvalue weighted by Gasteiger charge is 2.25. The fourth-order valence-electron chi connectivity index (χ4n) is 3.47. The highest BCUT2D eigenvalue weighted by atomic mass is 35.5. The second kappa shape index (κ2) is 8.80. The molecule has 4 rings (SSSR count). The lowest BCUT2D eigenvalue weighted by Gasteiger charge is -2.32. The molecule has 1 saturated heterocycles. The maximum atomic E-state index is 12.8. The van der Waals surface area contributed by atoms with Crippen LogP contribution in [-0.4, -0.2) is 46.0 Å². The number of H-pyrrole nitrogens is 1. The van der Waals surface area contributed by atoms with Crippen LogP contribution in [0.1, 0.15) is 28.2 Å². The van der Waals surface area contributed by atoms with E-state index in [0.717, 1.165) is 23.3 Å². The van der Waals surface area contributed by atoms with E-state index in [1.807, 2.05) is 35.7 Å². The van der Waals surface area contributed by atoms with Gasteiger partial charge in [0.2, 0.25) is 5.91 Å². The van der Waals surface area contributed by atoms with Gasteiger partial charge in [0.1, 0.15) is 5.69 Å². The molecule has 1 fully saturated rings. The SMILES string of the molecule is O=C(Cc1cccs1)NC1CCN(C(=O)c2cc(-c3cccc(Cl)c3)n[nH]2)CC1.